The number of hydrogen-bond acceptors (Lipinski definition) is 2. The van der Waals surface area contributed by atoms with Gasteiger partial charge < -0.3 is 15.4 Å². The molecule has 1 aromatic rings. The van der Waals surface area contributed by atoms with Crippen molar-refractivity contribution >= 4 is 43.6 Å². The van der Waals surface area contributed by atoms with Crippen molar-refractivity contribution in [3.8, 4) is 0 Å². The van der Waals surface area contributed by atoms with E-state index >= 15 is 0 Å². The van der Waals surface area contributed by atoms with Crippen molar-refractivity contribution in [1.29, 1.82) is 0 Å². The highest BCUT2D eigenvalue weighted by Crippen LogP contribution is 2.30. The largest absolute Gasteiger partial charge is 0.379 e. The molecule has 6 heteroatoms. The molecule has 2 amide bonds. The summed E-state index contributed by atoms with van der Waals surface area (Å²) in [6, 6.07) is 5.53. The number of rotatable bonds is 2. The van der Waals surface area contributed by atoms with Gasteiger partial charge in [-0.05, 0) is 50.4 Å². The van der Waals surface area contributed by atoms with Crippen LogP contribution in [0.4, 0.5) is 10.5 Å². The highest BCUT2D eigenvalue weighted by Gasteiger charge is 2.18. The average Bonchev–Trinajstić information content (AvgIpc) is 2.76. The molecule has 1 heterocycles. The molecule has 1 aliphatic rings. The zero-order chi connectivity index (χ0) is 12.3. The van der Waals surface area contributed by atoms with Crippen LogP contribution in [0.15, 0.2) is 27.1 Å². The summed E-state index contributed by atoms with van der Waals surface area (Å²) >= 11 is 6.78. The number of anilines is 1. The zero-order valence-electron chi connectivity index (χ0n) is 9.00. The number of amides is 2. The predicted octanol–water partition coefficient (Wildman–Crippen LogP) is 3.12. The van der Waals surface area contributed by atoms with Crippen LogP contribution in [0.3, 0.4) is 0 Å². The molecule has 2 rings (SSSR count). The van der Waals surface area contributed by atoms with Crippen LogP contribution in [0.2, 0.25) is 0 Å². The fraction of sp³-hybridized carbons (Fsp3) is 0.364. The molecule has 1 unspecified atom stereocenters. The van der Waals surface area contributed by atoms with E-state index in [1.807, 2.05) is 18.2 Å². The van der Waals surface area contributed by atoms with Crippen molar-refractivity contribution in [3.63, 3.8) is 0 Å². The highest BCUT2D eigenvalue weighted by molar-refractivity contribution is 9.11. The molecule has 1 fully saturated rings. The Bertz CT molecular complexity index is 400. The maximum Gasteiger partial charge on any atom is 0.319 e. The molecule has 0 aliphatic carbocycles. The fourth-order valence-electron chi connectivity index (χ4n) is 1.60. The van der Waals surface area contributed by atoms with Gasteiger partial charge in [0.2, 0.25) is 0 Å². The van der Waals surface area contributed by atoms with Gasteiger partial charge in [-0.1, -0.05) is 6.07 Å². The number of halogens is 2. The highest BCUT2D eigenvalue weighted by atomic mass is 79.9. The SMILES string of the molecule is O=C(Nc1c(Br)cccc1Br)NC1CCOC1. The molecule has 17 heavy (non-hydrogen) atoms. The molecule has 1 atom stereocenters. The first-order valence-electron chi connectivity index (χ1n) is 5.26. The number of hydrogen-bond donors (Lipinski definition) is 2. The lowest BCUT2D eigenvalue weighted by Crippen LogP contribution is -2.38. The maximum atomic E-state index is 11.8. The minimum Gasteiger partial charge on any atom is -0.379 e. The van der Waals surface area contributed by atoms with E-state index in [1.165, 1.54) is 0 Å². The van der Waals surface area contributed by atoms with Crippen molar-refractivity contribution < 1.29 is 9.53 Å². The Morgan fingerprint density at radius 3 is 2.65 bits per heavy atom. The number of carbonyl (C=O) groups is 1. The topological polar surface area (TPSA) is 50.4 Å². The summed E-state index contributed by atoms with van der Waals surface area (Å²) in [5, 5.41) is 5.67. The summed E-state index contributed by atoms with van der Waals surface area (Å²) < 4.78 is 6.87. The standard InChI is InChI=1S/C11H12Br2N2O2/c12-8-2-1-3-9(13)10(8)15-11(16)14-7-4-5-17-6-7/h1-3,7H,4-6H2,(H2,14,15,16). The van der Waals surface area contributed by atoms with Crippen LogP contribution in [0.1, 0.15) is 6.42 Å². The molecule has 0 bridgehead atoms. The molecule has 1 aromatic carbocycles. The first-order valence-corrected chi connectivity index (χ1v) is 6.84. The van der Waals surface area contributed by atoms with Gasteiger partial charge in [0.05, 0.1) is 18.3 Å². The Morgan fingerprint density at radius 2 is 2.06 bits per heavy atom. The second-order valence-corrected chi connectivity index (χ2v) is 5.46. The Kier molecular flexibility index (Phi) is 4.42. The van der Waals surface area contributed by atoms with Gasteiger partial charge in [-0.2, -0.15) is 0 Å². The van der Waals surface area contributed by atoms with Crippen LogP contribution >= 0.6 is 31.9 Å². The van der Waals surface area contributed by atoms with Crippen molar-refractivity contribution in [2.24, 2.45) is 0 Å². The van der Waals surface area contributed by atoms with Crippen molar-refractivity contribution in [3.05, 3.63) is 27.1 Å². The normalized spacial score (nSPS) is 19.1. The Balaban J connectivity index is 1.97. The zero-order valence-corrected chi connectivity index (χ0v) is 12.2. The van der Waals surface area contributed by atoms with E-state index in [-0.39, 0.29) is 12.1 Å². The molecule has 1 aliphatic heterocycles. The van der Waals surface area contributed by atoms with Crippen LogP contribution in [-0.2, 0) is 4.74 Å². The van der Waals surface area contributed by atoms with Crippen LogP contribution in [0, 0.1) is 0 Å². The predicted molar refractivity (Wildman–Crippen MR) is 73.2 cm³/mol. The number of benzene rings is 1. The van der Waals surface area contributed by atoms with Gasteiger partial charge >= 0.3 is 6.03 Å². The number of ether oxygens (including phenoxy) is 1. The molecule has 4 nitrogen and oxygen atoms in total. The number of para-hydroxylation sites is 1. The summed E-state index contributed by atoms with van der Waals surface area (Å²) in [4.78, 5) is 11.8. The van der Waals surface area contributed by atoms with E-state index < -0.39 is 0 Å². The molecular formula is C11H12Br2N2O2. The van der Waals surface area contributed by atoms with Crippen LogP contribution in [-0.4, -0.2) is 25.3 Å². The number of carbonyl (C=O) groups excluding carboxylic acids is 1. The van der Waals surface area contributed by atoms with E-state index in [4.69, 9.17) is 4.74 Å². The van der Waals surface area contributed by atoms with Crippen molar-refractivity contribution in [2.45, 2.75) is 12.5 Å². The molecule has 1 saturated heterocycles. The summed E-state index contributed by atoms with van der Waals surface area (Å²) in [7, 11) is 0. The number of nitrogens with one attached hydrogen (secondary N) is 2. The maximum absolute atomic E-state index is 11.8. The Hall–Kier alpha value is -0.590. The molecule has 2 N–H and O–H groups in total. The molecular weight excluding hydrogens is 352 g/mol. The molecule has 0 spiro atoms. The third kappa shape index (κ3) is 3.43. The van der Waals surface area contributed by atoms with E-state index in [2.05, 4.69) is 42.5 Å². The summed E-state index contributed by atoms with van der Waals surface area (Å²) in [6.07, 6.45) is 0.866. The van der Waals surface area contributed by atoms with Crippen LogP contribution < -0.4 is 10.6 Å². The van der Waals surface area contributed by atoms with E-state index in [9.17, 15) is 4.79 Å². The second kappa shape index (κ2) is 5.84. The lowest BCUT2D eigenvalue weighted by atomic mass is 10.3. The second-order valence-electron chi connectivity index (χ2n) is 3.76. The molecule has 92 valence electrons. The van der Waals surface area contributed by atoms with Gasteiger partial charge in [0.25, 0.3) is 0 Å². The first kappa shape index (κ1) is 12.9. The van der Waals surface area contributed by atoms with Crippen molar-refractivity contribution in [1.82, 2.24) is 5.32 Å². The number of urea groups is 1. The minimum atomic E-state index is -0.215. The quantitative estimate of drug-likeness (QED) is 0.848. The van der Waals surface area contributed by atoms with Gasteiger partial charge in [-0.3, -0.25) is 0 Å². The fourth-order valence-corrected chi connectivity index (χ4v) is 2.80. The minimum absolute atomic E-state index is 0.108. The van der Waals surface area contributed by atoms with Gasteiger partial charge in [0, 0.05) is 15.6 Å². The first-order chi connectivity index (χ1) is 8.16. The van der Waals surface area contributed by atoms with E-state index in [1.54, 1.807) is 0 Å². The molecule has 0 radical (unpaired) electrons. The lowest BCUT2D eigenvalue weighted by Gasteiger charge is -2.13. The molecule has 0 aromatic heterocycles. The molecule has 0 saturated carbocycles. The van der Waals surface area contributed by atoms with Crippen molar-refractivity contribution in [2.75, 3.05) is 18.5 Å². The summed E-state index contributed by atoms with van der Waals surface area (Å²) in [5.41, 5.74) is 0.726. The average molecular weight is 364 g/mol. The van der Waals surface area contributed by atoms with E-state index in [0.717, 1.165) is 21.1 Å². The van der Waals surface area contributed by atoms with Crippen LogP contribution in [0.5, 0.6) is 0 Å². The monoisotopic (exact) mass is 362 g/mol. The summed E-state index contributed by atoms with van der Waals surface area (Å²) in [5.74, 6) is 0. The lowest BCUT2D eigenvalue weighted by molar-refractivity contribution is 0.189. The summed E-state index contributed by atoms with van der Waals surface area (Å²) in [6.45, 7) is 1.30. The van der Waals surface area contributed by atoms with Gasteiger partial charge in [0.15, 0.2) is 0 Å². The Labute approximate surface area is 116 Å². The van der Waals surface area contributed by atoms with Gasteiger partial charge in [0.1, 0.15) is 0 Å². The third-order valence-corrected chi connectivity index (χ3v) is 3.79. The smallest absolute Gasteiger partial charge is 0.319 e. The third-order valence-electron chi connectivity index (χ3n) is 2.47. The van der Waals surface area contributed by atoms with Gasteiger partial charge in [-0.15, -0.1) is 0 Å². The Morgan fingerprint density at radius 1 is 1.35 bits per heavy atom. The van der Waals surface area contributed by atoms with Crippen LogP contribution in [0.25, 0.3) is 0 Å². The van der Waals surface area contributed by atoms with Gasteiger partial charge in [-0.25, -0.2) is 4.79 Å². The van der Waals surface area contributed by atoms with E-state index in [0.29, 0.717) is 13.2 Å².